The van der Waals surface area contributed by atoms with E-state index in [1.165, 1.54) is 6.07 Å². The molecular formula is C12H17N3O3S. The molecule has 0 aliphatic rings. The van der Waals surface area contributed by atoms with Crippen LogP contribution in [0.3, 0.4) is 0 Å². The lowest BCUT2D eigenvalue weighted by Crippen LogP contribution is -2.16. The van der Waals surface area contributed by atoms with Gasteiger partial charge in [-0.25, -0.2) is 13.4 Å². The van der Waals surface area contributed by atoms with Crippen LogP contribution in [0.5, 0.6) is 0 Å². The molecule has 6 nitrogen and oxygen atoms in total. The number of hydrogen-bond acceptors (Lipinski definition) is 5. The highest BCUT2D eigenvalue weighted by Crippen LogP contribution is 2.25. The van der Waals surface area contributed by atoms with Gasteiger partial charge in [0.1, 0.15) is 5.52 Å². The average Bonchev–Trinajstić information content (AvgIpc) is 2.64. The van der Waals surface area contributed by atoms with Crippen LogP contribution in [0.2, 0.25) is 0 Å². The zero-order valence-corrected chi connectivity index (χ0v) is 11.9. The molecule has 0 radical (unpaired) electrons. The van der Waals surface area contributed by atoms with E-state index in [1.54, 1.807) is 23.8 Å². The van der Waals surface area contributed by atoms with Gasteiger partial charge in [0.15, 0.2) is 9.84 Å². The number of nitrogens with two attached hydrogens (primary N) is 1. The van der Waals surface area contributed by atoms with Gasteiger partial charge >= 0.3 is 0 Å². The van der Waals surface area contributed by atoms with Crippen molar-refractivity contribution in [1.29, 1.82) is 0 Å². The van der Waals surface area contributed by atoms with E-state index >= 15 is 0 Å². The zero-order valence-electron chi connectivity index (χ0n) is 11.1. The van der Waals surface area contributed by atoms with E-state index in [-0.39, 0.29) is 16.9 Å². The summed E-state index contributed by atoms with van der Waals surface area (Å²) < 4.78 is 30.4. The Morgan fingerprint density at radius 2 is 2.16 bits per heavy atom. The van der Waals surface area contributed by atoms with E-state index in [2.05, 4.69) is 4.98 Å². The number of rotatable bonds is 4. The highest BCUT2D eigenvalue weighted by molar-refractivity contribution is 7.91. The van der Waals surface area contributed by atoms with E-state index in [0.717, 1.165) is 6.26 Å². The van der Waals surface area contributed by atoms with Crippen LogP contribution >= 0.6 is 0 Å². The summed E-state index contributed by atoms with van der Waals surface area (Å²) in [5, 5.41) is 0. The lowest BCUT2D eigenvalue weighted by atomic mass is 10.3. The van der Waals surface area contributed by atoms with Crippen molar-refractivity contribution in [2.45, 2.75) is 24.5 Å². The van der Waals surface area contributed by atoms with Gasteiger partial charge in [-0.2, -0.15) is 0 Å². The van der Waals surface area contributed by atoms with Crippen molar-refractivity contribution in [2.75, 3.05) is 19.1 Å². The molecule has 0 aliphatic heterocycles. The van der Waals surface area contributed by atoms with Gasteiger partial charge < -0.3 is 15.0 Å². The maximum Gasteiger partial charge on any atom is 0.201 e. The number of benzene rings is 1. The summed E-state index contributed by atoms with van der Waals surface area (Å²) >= 11 is 0. The first-order valence-corrected chi connectivity index (χ1v) is 7.71. The number of anilines is 1. The average molecular weight is 283 g/mol. The maximum absolute atomic E-state index is 11.7. The molecule has 2 rings (SSSR count). The molecule has 0 saturated carbocycles. The number of fused-ring (bicyclic) bond motifs is 1. The lowest BCUT2D eigenvalue weighted by Gasteiger charge is -2.12. The molecule has 0 amide bonds. The highest BCUT2D eigenvalue weighted by atomic mass is 32.2. The Hall–Kier alpha value is -1.60. The Morgan fingerprint density at radius 3 is 2.74 bits per heavy atom. The molecule has 1 atom stereocenters. The molecule has 1 unspecified atom stereocenters. The second-order valence-corrected chi connectivity index (χ2v) is 6.51. The highest BCUT2D eigenvalue weighted by Gasteiger charge is 2.18. The molecule has 7 heteroatoms. The molecule has 0 aliphatic carbocycles. The standard InChI is InChI=1S/C12H17N3O3S/c1-8(18-2)7-15-9-5-4-6-10(19(3,16)17)11(9)14-12(15)13/h4-6,8H,7H2,1-3H3,(H2,13,14). The van der Waals surface area contributed by atoms with Crippen LogP contribution in [0.15, 0.2) is 23.1 Å². The maximum atomic E-state index is 11.7. The summed E-state index contributed by atoms with van der Waals surface area (Å²) in [7, 11) is -1.72. The minimum atomic E-state index is -3.33. The summed E-state index contributed by atoms with van der Waals surface area (Å²) in [4.78, 5) is 4.37. The van der Waals surface area contributed by atoms with Crippen molar-refractivity contribution >= 4 is 26.8 Å². The van der Waals surface area contributed by atoms with Gasteiger partial charge in [-0.1, -0.05) is 6.07 Å². The molecule has 1 aromatic heterocycles. The summed E-state index contributed by atoms with van der Waals surface area (Å²) in [5.74, 6) is 0.287. The van der Waals surface area contributed by atoms with Crippen LogP contribution in [0, 0.1) is 0 Å². The lowest BCUT2D eigenvalue weighted by molar-refractivity contribution is 0.105. The summed E-state index contributed by atoms with van der Waals surface area (Å²) in [6.07, 6.45) is 1.12. The van der Waals surface area contributed by atoms with Crippen molar-refractivity contribution in [1.82, 2.24) is 9.55 Å². The van der Waals surface area contributed by atoms with Crippen molar-refractivity contribution in [3.63, 3.8) is 0 Å². The monoisotopic (exact) mass is 283 g/mol. The van der Waals surface area contributed by atoms with Crippen molar-refractivity contribution in [2.24, 2.45) is 0 Å². The van der Waals surface area contributed by atoms with Crippen LogP contribution in [0.25, 0.3) is 11.0 Å². The topological polar surface area (TPSA) is 87.2 Å². The van der Waals surface area contributed by atoms with Gasteiger partial charge in [0.25, 0.3) is 0 Å². The van der Waals surface area contributed by atoms with Gasteiger partial charge in [-0.15, -0.1) is 0 Å². The number of methoxy groups -OCH3 is 1. The molecule has 0 spiro atoms. The van der Waals surface area contributed by atoms with Crippen molar-refractivity contribution < 1.29 is 13.2 Å². The fraction of sp³-hybridized carbons (Fsp3) is 0.417. The third-order valence-electron chi connectivity index (χ3n) is 3.01. The fourth-order valence-electron chi connectivity index (χ4n) is 1.96. The Kier molecular flexibility index (Phi) is 3.51. The Labute approximate surface area is 112 Å². The zero-order chi connectivity index (χ0) is 14.2. The van der Waals surface area contributed by atoms with Gasteiger partial charge in [-0.05, 0) is 19.1 Å². The minimum absolute atomic E-state index is 0.0402. The first kappa shape index (κ1) is 13.8. The van der Waals surface area contributed by atoms with E-state index < -0.39 is 9.84 Å². The number of para-hydroxylation sites is 1. The molecule has 0 bridgehead atoms. The second kappa shape index (κ2) is 4.82. The number of ether oxygens (including phenoxy) is 1. The molecule has 1 aromatic carbocycles. The SMILES string of the molecule is COC(C)Cn1c(N)nc2c(S(C)(=O)=O)cccc21. The summed E-state index contributed by atoms with van der Waals surface area (Å²) in [6.45, 7) is 2.43. The number of aromatic nitrogens is 2. The fourth-order valence-corrected chi connectivity index (χ4v) is 2.79. The van der Waals surface area contributed by atoms with Crippen molar-refractivity contribution in [3.05, 3.63) is 18.2 Å². The van der Waals surface area contributed by atoms with E-state index in [0.29, 0.717) is 17.6 Å². The molecule has 2 N–H and O–H groups in total. The number of hydrogen-bond donors (Lipinski definition) is 1. The number of nitrogen functional groups attached to an aromatic ring is 1. The molecule has 19 heavy (non-hydrogen) atoms. The summed E-state index contributed by atoms with van der Waals surface area (Å²) in [6, 6.07) is 5.03. The third kappa shape index (κ3) is 2.57. The van der Waals surface area contributed by atoms with Gasteiger partial charge in [-0.3, -0.25) is 0 Å². The Morgan fingerprint density at radius 1 is 1.47 bits per heavy atom. The number of sulfone groups is 1. The van der Waals surface area contributed by atoms with Crippen LogP contribution in [-0.2, 0) is 21.1 Å². The molecule has 0 saturated heterocycles. The smallest absolute Gasteiger partial charge is 0.201 e. The molecule has 104 valence electrons. The van der Waals surface area contributed by atoms with Crippen LogP contribution in [-0.4, -0.2) is 37.4 Å². The molecule has 2 aromatic rings. The minimum Gasteiger partial charge on any atom is -0.380 e. The number of nitrogens with zero attached hydrogens (tertiary/aromatic N) is 2. The summed E-state index contributed by atoms with van der Waals surface area (Å²) in [5.41, 5.74) is 6.98. The van der Waals surface area contributed by atoms with Gasteiger partial charge in [0, 0.05) is 13.4 Å². The first-order valence-electron chi connectivity index (χ1n) is 5.82. The quantitative estimate of drug-likeness (QED) is 0.906. The van der Waals surface area contributed by atoms with Crippen LogP contribution < -0.4 is 5.73 Å². The van der Waals surface area contributed by atoms with E-state index in [9.17, 15) is 8.42 Å². The third-order valence-corrected chi connectivity index (χ3v) is 4.14. The van der Waals surface area contributed by atoms with E-state index in [1.807, 2.05) is 6.92 Å². The van der Waals surface area contributed by atoms with Crippen molar-refractivity contribution in [3.8, 4) is 0 Å². The van der Waals surface area contributed by atoms with Crippen LogP contribution in [0.1, 0.15) is 6.92 Å². The van der Waals surface area contributed by atoms with Gasteiger partial charge in [0.05, 0.1) is 23.1 Å². The first-order chi connectivity index (χ1) is 8.84. The van der Waals surface area contributed by atoms with Gasteiger partial charge in [0.2, 0.25) is 5.95 Å². The Bertz CT molecular complexity index is 706. The Balaban J connectivity index is 2.66. The number of imidazole rings is 1. The largest absolute Gasteiger partial charge is 0.380 e. The normalized spacial score (nSPS) is 13.8. The molecule has 1 heterocycles. The predicted molar refractivity (Wildman–Crippen MR) is 73.7 cm³/mol. The van der Waals surface area contributed by atoms with Crippen LogP contribution in [0.4, 0.5) is 5.95 Å². The molecular weight excluding hydrogens is 266 g/mol. The second-order valence-electron chi connectivity index (χ2n) is 4.52. The molecule has 0 fully saturated rings. The predicted octanol–water partition coefficient (Wildman–Crippen LogP) is 1.06. The van der Waals surface area contributed by atoms with E-state index in [4.69, 9.17) is 10.5 Å².